The van der Waals surface area contributed by atoms with Crippen molar-refractivity contribution in [2.45, 2.75) is 32.0 Å². The Bertz CT molecular complexity index is 1110. The maximum Gasteiger partial charge on any atom is 0.430 e. The molecule has 5 nitrogen and oxygen atoms in total. The molecule has 1 heterocycles. The highest BCUT2D eigenvalue weighted by Gasteiger charge is 2.33. The van der Waals surface area contributed by atoms with Gasteiger partial charge in [-0.25, -0.2) is 4.98 Å². The van der Waals surface area contributed by atoms with E-state index in [2.05, 4.69) is 24.6 Å². The average Bonchev–Trinajstić information content (AvgIpc) is 2.71. The number of alkyl halides is 6. The molecule has 0 fully saturated rings. The Labute approximate surface area is 193 Å². The molecule has 2 aromatic rings. The second kappa shape index (κ2) is 9.45. The first-order chi connectivity index (χ1) is 15.4. The molecule has 0 amide bonds. The second-order valence-electron chi connectivity index (χ2n) is 8.48. The van der Waals surface area contributed by atoms with Crippen LogP contribution in [0.1, 0.15) is 11.4 Å². The zero-order valence-corrected chi connectivity index (χ0v) is 19.5. The molecule has 1 aromatic heterocycles. The van der Waals surface area contributed by atoms with Crippen LogP contribution in [-0.2, 0) is 0 Å². The number of halogens is 6. The molecule has 6 N–H and O–H groups in total. The number of rotatable bonds is 6. The zero-order chi connectivity index (χ0) is 26.1. The predicted octanol–water partition coefficient (Wildman–Crippen LogP) is 4.84. The van der Waals surface area contributed by atoms with Crippen molar-refractivity contribution in [1.29, 1.82) is 10.8 Å². The van der Waals surface area contributed by atoms with Gasteiger partial charge in [0.05, 0.1) is 30.9 Å². The third-order valence-electron chi connectivity index (χ3n) is 4.69. The largest absolute Gasteiger partial charge is 0.430 e. The highest BCUT2D eigenvalue weighted by molar-refractivity contribution is 6.88. The number of nitrogens with zero attached hydrogens (tertiary/aromatic N) is 1. The van der Waals surface area contributed by atoms with E-state index in [1.54, 1.807) is 12.1 Å². The Morgan fingerprint density at radius 2 is 1.24 bits per heavy atom. The van der Waals surface area contributed by atoms with Gasteiger partial charge in [0.2, 0.25) is 0 Å². The van der Waals surface area contributed by atoms with E-state index in [0.29, 0.717) is 23.3 Å². The molecule has 12 heteroatoms. The fourth-order valence-electron chi connectivity index (χ4n) is 2.76. The molecule has 0 saturated heterocycles. The van der Waals surface area contributed by atoms with Gasteiger partial charge in [0.15, 0.2) is 0 Å². The van der Waals surface area contributed by atoms with Crippen LogP contribution in [-0.4, -0.2) is 36.8 Å². The molecular formula is C22H23F6N5Si. The Hall–Kier alpha value is -3.41. The van der Waals surface area contributed by atoms with Gasteiger partial charge in [-0.05, 0) is 35.4 Å². The van der Waals surface area contributed by atoms with Crippen LogP contribution in [0, 0.1) is 10.8 Å². The Kier molecular flexibility index (Phi) is 7.46. The van der Waals surface area contributed by atoms with Gasteiger partial charge in [0.25, 0.3) is 0 Å². The minimum absolute atomic E-state index is 0.304. The third-order valence-corrected chi connectivity index (χ3v) is 6.74. The van der Waals surface area contributed by atoms with Crippen molar-refractivity contribution in [3.05, 3.63) is 71.3 Å². The van der Waals surface area contributed by atoms with Gasteiger partial charge in [-0.3, -0.25) is 10.8 Å². The van der Waals surface area contributed by atoms with E-state index in [9.17, 15) is 26.3 Å². The van der Waals surface area contributed by atoms with Crippen LogP contribution in [0.2, 0.25) is 19.6 Å². The summed E-state index contributed by atoms with van der Waals surface area (Å²) in [4.78, 5) is 3.92. The van der Waals surface area contributed by atoms with E-state index in [-0.39, 0.29) is 11.4 Å². The molecule has 0 saturated carbocycles. The van der Waals surface area contributed by atoms with Crippen LogP contribution in [0.25, 0.3) is 11.1 Å². The Balaban J connectivity index is 2.70. The monoisotopic (exact) mass is 499 g/mol. The van der Waals surface area contributed by atoms with E-state index < -0.39 is 43.2 Å². The van der Waals surface area contributed by atoms with Crippen molar-refractivity contribution < 1.29 is 26.3 Å². The summed E-state index contributed by atoms with van der Waals surface area (Å²) in [6.07, 6.45) is -9.04. The molecule has 0 aliphatic rings. The number of aromatic nitrogens is 1. The van der Waals surface area contributed by atoms with Crippen LogP contribution in [0.5, 0.6) is 0 Å². The van der Waals surface area contributed by atoms with Gasteiger partial charge >= 0.3 is 12.4 Å². The Morgan fingerprint density at radius 3 is 1.62 bits per heavy atom. The van der Waals surface area contributed by atoms with Crippen molar-refractivity contribution in [3.8, 4) is 11.1 Å². The molecular weight excluding hydrogens is 476 g/mol. The fraction of sp³-hybridized carbons (Fsp3) is 0.227. The minimum atomic E-state index is -4.88. The summed E-state index contributed by atoms with van der Waals surface area (Å²) in [5.74, 6) is 0. The summed E-state index contributed by atoms with van der Waals surface area (Å²) in [7, 11) is -1.76. The molecule has 0 bridgehead atoms. The van der Waals surface area contributed by atoms with Crippen molar-refractivity contribution in [2.75, 3.05) is 0 Å². The number of hydrogen-bond acceptors (Lipinski definition) is 5. The third kappa shape index (κ3) is 6.79. The summed E-state index contributed by atoms with van der Waals surface area (Å²) >= 11 is 0. The molecule has 34 heavy (non-hydrogen) atoms. The molecule has 1 aromatic carbocycles. The average molecular weight is 500 g/mol. The molecule has 0 atom stereocenters. The lowest BCUT2D eigenvalue weighted by Gasteiger charge is -2.18. The van der Waals surface area contributed by atoms with Gasteiger partial charge < -0.3 is 11.5 Å². The molecule has 0 spiro atoms. The van der Waals surface area contributed by atoms with Crippen molar-refractivity contribution in [2.24, 2.45) is 11.5 Å². The smallest absolute Gasteiger partial charge is 0.395 e. The van der Waals surface area contributed by atoms with Crippen molar-refractivity contribution in [1.82, 2.24) is 4.98 Å². The summed E-state index contributed by atoms with van der Waals surface area (Å²) in [6.45, 7) is 6.32. The normalized spacial score (nSPS) is 13.7. The summed E-state index contributed by atoms with van der Waals surface area (Å²) in [5, 5.41) is 17.1. The van der Waals surface area contributed by atoms with E-state index in [0.717, 1.165) is 5.19 Å². The van der Waals surface area contributed by atoms with Crippen LogP contribution in [0.3, 0.4) is 0 Å². The lowest BCUT2D eigenvalue weighted by Crippen LogP contribution is -2.37. The van der Waals surface area contributed by atoms with E-state index in [1.807, 2.05) is 12.1 Å². The first-order valence-electron chi connectivity index (χ1n) is 9.79. The van der Waals surface area contributed by atoms with Crippen molar-refractivity contribution in [3.63, 3.8) is 0 Å². The van der Waals surface area contributed by atoms with Gasteiger partial charge in [-0.2, -0.15) is 26.3 Å². The highest BCUT2D eigenvalue weighted by Crippen LogP contribution is 2.26. The minimum Gasteiger partial charge on any atom is -0.395 e. The molecule has 0 radical (unpaired) electrons. The zero-order valence-electron chi connectivity index (χ0n) is 18.5. The topological polar surface area (TPSA) is 113 Å². The fourth-order valence-corrected chi connectivity index (χ4v) is 3.95. The molecule has 2 rings (SSSR count). The lowest BCUT2D eigenvalue weighted by atomic mass is 10.0. The first-order valence-corrected chi connectivity index (χ1v) is 13.3. The van der Waals surface area contributed by atoms with E-state index in [1.165, 1.54) is 12.1 Å². The van der Waals surface area contributed by atoms with Crippen LogP contribution >= 0.6 is 0 Å². The van der Waals surface area contributed by atoms with Crippen LogP contribution in [0.4, 0.5) is 26.3 Å². The van der Waals surface area contributed by atoms with Gasteiger partial charge in [-0.1, -0.05) is 49.1 Å². The van der Waals surface area contributed by atoms with E-state index in [4.69, 9.17) is 22.3 Å². The predicted molar refractivity (Wildman–Crippen MR) is 123 cm³/mol. The highest BCUT2D eigenvalue weighted by atomic mass is 28.3. The van der Waals surface area contributed by atoms with Gasteiger partial charge in [-0.15, -0.1) is 0 Å². The quantitative estimate of drug-likeness (QED) is 0.259. The van der Waals surface area contributed by atoms with Crippen LogP contribution < -0.4 is 16.7 Å². The number of pyridine rings is 1. The molecule has 182 valence electrons. The summed E-state index contributed by atoms with van der Waals surface area (Å²) in [6, 6.07) is 9.92. The maximum absolute atomic E-state index is 12.8. The van der Waals surface area contributed by atoms with Gasteiger partial charge in [0, 0.05) is 0 Å². The number of benzene rings is 1. The van der Waals surface area contributed by atoms with Crippen molar-refractivity contribution >= 4 is 24.7 Å². The SMILES string of the molecule is C[Si](C)(C)c1cccc(-c2cc(C(=N)/C=C(\N)C(F)(F)F)nc(C(=N)/C=C(\N)C(F)(F)F)c2)c1. The number of nitrogens with two attached hydrogens (primary N) is 2. The second-order valence-corrected chi connectivity index (χ2v) is 13.6. The maximum atomic E-state index is 12.8. The summed E-state index contributed by atoms with van der Waals surface area (Å²) < 4.78 is 76.9. The number of allylic oxidation sites excluding steroid dienone is 4. The van der Waals surface area contributed by atoms with E-state index >= 15 is 0 Å². The molecule has 0 unspecified atom stereocenters. The lowest BCUT2D eigenvalue weighted by molar-refractivity contribution is -0.0933. The van der Waals surface area contributed by atoms with Crippen LogP contribution in [0.15, 0.2) is 59.9 Å². The molecule has 0 aliphatic heterocycles. The number of nitrogens with one attached hydrogen (secondary N) is 2. The standard InChI is InChI=1S/C22H23F6N5Si/c1-34(2,3)14-6-4-5-12(7-14)13-8-17(15(29)10-19(31)21(23,24)25)33-18(9-13)16(30)11-20(32)22(26,27)28/h4-11,29-30H,31-32H2,1-3H3/b19-10-,20-11-,29-15?,30-16?. The van der Waals surface area contributed by atoms with Gasteiger partial charge in [0.1, 0.15) is 11.4 Å². The summed E-state index contributed by atoms with van der Waals surface area (Å²) in [5.41, 5.74) is 5.82. The Morgan fingerprint density at radius 1 is 0.794 bits per heavy atom. The number of hydrogen-bond donors (Lipinski definition) is 4. The molecule has 0 aliphatic carbocycles. The first kappa shape index (κ1) is 26.8.